The molecule has 0 heterocycles. The Bertz CT molecular complexity index is 447. The fraction of sp³-hybridized carbons (Fsp3) is 0.600. The molecule has 1 unspecified atom stereocenters. The van der Waals surface area contributed by atoms with E-state index in [2.05, 4.69) is 19.2 Å². The third-order valence-electron chi connectivity index (χ3n) is 2.82. The maximum atomic E-state index is 11.0. The van der Waals surface area contributed by atoms with Crippen LogP contribution in [0.15, 0.2) is 18.2 Å². The molecular weight excluding hydrogens is 256 g/mol. The minimum Gasteiger partial charge on any atom is -0.490 e. The minimum absolute atomic E-state index is 0.0380. The van der Waals surface area contributed by atoms with Gasteiger partial charge in [-0.3, -0.25) is 10.1 Å². The van der Waals surface area contributed by atoms with Gasteiger partial charge < -0.3 is 10.1 Å². The molecule has 0 amide bonds. The molecule has 112 valence electrons. The average Bonchev–Trinajstić information content (AvgIpc) is 2.34. The summed E-state index contributed by atoms with van der Waals surface area (Å²) in [6.07, 6.45) is 1.92. The van der Waals surface area contributed by atoms with Gasteiger partial charge >= 0.3 is 0 Å². The molecule has 0 aliphatic rings. The number of hydrogen-bond donors (Lipinski definition) is 1. The quantitative estimate of drug-likeness (QED) is 0.571. The van der Waals surface area contributed by atoms with Gasteiger partial charge in [0, 0.05) is 24.4 Å². The van der Waals surface area contributed by atoms with Gasteiger partial charge in [-0.2, -0.15) is 0 Å². The second-order valence-corrected chi connectivity index (χ2v) is 5.46. The monoisotopic (exact) mass is 280 g/mol. The van der Waals surface area contributed by atoms with Gasteiger partial charge in [0.25, 0.3) is 5.69 Å². The molecule has 1 atom stereocenters. The maximum Gasteiger partial charge on any atom is 0.275 e. The van der Waals surface area contributed by atoms with Crippen LogP contribution in [-0.2, 0) is 0 Å². The van der Waals surface area contributed by atoms with E-state index < -0.39 is 4.92 Å². The number of nitro benzene ring substituents is 1. The summed E-state index contributed by atoms with van der Waals surface area (Å²) < 4.78 is 5.79. The van der Waals surface area contributed by atoms with Gasteiger partial charge in [-0.1, -0.05) is 20.8 Å². The predicted octanol–water partition coefficient (Wildman–Crippen LogP) is 4.23. The number of anilines is 1. The van der Waals surface area contributed by atoms with Crippen molar-refractivity contribution in [3.05, 3.63) is 28.3 Å². The Morgan fingerprint density at radius 1 is 1.30 bits per heavy atom. The number of benzene rings is 1. The molecule has 0 spiro atoms. The first kappa shape index (κ1) is 16.3. The van der Waals surface area contributed by atoms with Gasteiger partial charge in [-0.05, 0) is 25.7 Å². The summed E-state index contributed by atoms with van der Waals surface area (Å²) in [5, 5.41) is 14.1. The van der Waals surface area contributed by atoms with Gasteiger partial charge in [0.05, 0.1) is 17.1 Å². The van der Waals surface area contributed by atoms with E-state index in [0.717, 1.165) is 25.1 Å². The van der Waals surface area contributed by atoms with E-state index in [-0.39, 0.29) is 11.8 Å². The number of nitrogens with one attached hydrogen (secondary N) is 1. The highest BCUT2D eigenvalue weighted by Crippen LogP contribution is 2.27. The van der Waals surface area contributed by atoms with E-state index in [1.807, 2.05) is 19.9 Å². The number of nitrogens with zero attached hydrogens (tertiary/aromatic N) is 1. The lowest BCUT2D eigenvalue weighted by atomic mass is 10.1. The van der Waals surface area contributed by atoms with Crippen molar-refractivity contribution in [3.63, 3.8) is 0 Å². The summed E-state index contributed by atoms with van der Waals surface area (Å²) in [4.78, 5) is 10.6. The zero-order valence-electron chi connectivity index (χ0n) is 12.7. The van der Waals surface area contributed by atoms with E-state index in [0.29, 0.717) is 11.7 Å². The summed E-state index contributed by atoms with van der Waals surface area (Å²) in [6.45, 7) is 9.07. The van der Waals surface area contributed by atoms with Gasteiger partial charge in [-0.25, -0.2) is 0 Å². The molecule has 1 aromatic carbocycles. The summed E-state index contributed by atoms with van der Waals surface area (Å²) in [5.74, 6) is 1.08. The largest absolute Gasteiger partial charge is 0.490 e. The molecule has 0 aromatic heterocycles. The Labute approximate surface area is 120 Å². The lowest BCUT2D eigenvalue weighted by Crippen LogP contribution is -2.14. The highest BCUT2D eigenvalue weighted by Gasteiger charge is 2.13. The molecule has 0 radical (unpaired) electrons. The molecule has 20 heavy (non-hydrogen) atoms. The van der Waals surface area contributed by atoms with Crippen LogP contribution in [0.5, 0.6) is 5.75 Å². The number of ether oxygens (including phenoxy) is 1. The van der Waals surface area contributed by atoms with Crippen molar-refractivity contribution >= 4 is 11.4 Å². The van der Waals surface area contributed by atoms with Crippen LogP contribution in [0.3, 0.4) is 0 Å². The maximum absolute atomic E-state index is 11.0. The van der Waals surface area contributed by atoms with Crippen LogP contribution in [0.2, 0.25) is 0 Å². The van der Waals surface area contributed by atoms with Crippen molar-refractivity contribution in [3.8, 4) is 5.75 Å². The van der Waals surface area contributed by atoms with Crippen molar-refractivity contribution in [1.29, 1.82) is 0 Å². The third-order valence-corrected chi connectivity index (χ3v) is 2.82. The first-order valence-corrected chi connectivity index (χ1v) is 7.12. The fourth-order valence-electron chi connectivity index (χ4n) is 2.07. The summed E-state index contributed by atoms with van der Waals surface area (Å²) >= 11 is 0. The van der Waals surface area contributed by atoms with Crippen LogP contribution >= 0.6 is 0 Å². The molecule has 0 saturated heterocycles. The molecule has 0 bridgehead atoms. The molecule has 1 aromatic rings. The highest BCUT2D eigenvalue weighted by molar-refractivity contribution is 5.56. The van der Waals surface area contributed by atoms with Crippen molar-refractivity contribution in [2.45, 2.75) is 46.6 Å². The Morgan fingerprint density at radius 2 is 2.00 bits per heavy atom. The minimum atomic E-state index is -0.392. The van der Waals surface area contributed by atoms with Crippen LogP contribution < -0.4 is 10.1 Å². The second kappa shape index (κ2) is 7.72. The SMILES string of the molecule is CCCNc1cc(OC(C)CC(C)C)cc([N+](=O)[O-])c1. The first-order chi connectivity index (χ1) is 9.42. The first-order valence-electron chi connectivity index (χ1n) is 7.12. The van der Waals surface area contributed by atoms with Crippen LogP contribution in [0, 0.1) is 16.0 Å². The molecular formula is C15H24N2O3. The fourth-order valence-corrected chi connectivity index (χ4v) is 2.07. The highest BCUT2D eigenvalue weighted by atomic mass is 16.6. The number of non-ortho nitro benzene ring substituents is 1. The summed E-state index contributed by atoms with van der Waals surface area (Å²) in [7, 11) is 0. The molecule has 1 N–H and O–H groups in total. The van der Waals surface area contributed by atoms with Crippen LogP contribution in [-0.4, -0.2) is 17.6 Å². The Hall–Kier alpha value is -1.78. The zero-order valence-corrected chi connectivity index (χ0v) is 12.7. The zero-order chi connectivity index (χ0) is 15.1. The third kappa shape index (κ3) is 5.47. The van der Waals surface area contributed by atoms with Crippen molar-refractivity contribution in [1.82, 2.24) is 0 Å². The molecule has 0 aliphatic carbocycles. The molecule has 1 rings (SSSR count). The summed E-state index contributed by atoms with van der Waals surface area (Å²) in [6, 6.07) is 4.84. The number of nitro groups is 1. The van der Waals surface area contributed by atoms with E-state index in [1.165, 1.54) is 12.1 Å². The second-order valence-electron chi connectivity index (χ2n) is 5.46. The average molecular weight is 280 g/mol. The molecule has 5 heteroatoms. The van der Waals surface area contributed by atoms with Gasteiger partial charge in [0.15, 0.2) is 0 Å². The standard InChI is InChI=1S/C15H24N2O3/c1-5-6-16-13-8-14(17(18)19)10-15(9-13)20-12(4)7-11(2)3/h8-12,16H,5-7H2,1-4H3. The summed E-state index contributed by atoms with van der Waals surface area (Å²) in [5.41, 5.74) is 0.783. The normalized spacial score (nSPS) is 12.2. The van der Waals surface area contributed by atoms with E-state index >= 15 is 0 Å². The predicted molar refractivity (Wildman–Crippen MR) is 81.4 cm³/mol. The molecule has 5 nitrogen and oxygen atoms in total. The van der Waals surface area contributed by atoms with E-state index in [4.69, 9.17) is 4.74 Å². The smallest absolute Gasteiger partial charge is 0.275 e. The number of hydrogen-bond acceptors (Lipinski definition) is 4. The Morgan fingerprint density at radius 3 is 2.55 bits per heavy atom. The van der Waals surface area contributed by atoms with Crippen LogP contribution in [0.25, 0.3) is 0 Å². The van der Waals surface area contributed by atoms with E-state index in [1.54, 1.807) is 0 Å². The van der Waals surface area contributed by atoms with Gasteiger partial charge in [0.1, 0.15) is 5.75 Å². The lowest BCUT2D eigenvalue weighted by Gasteiger charge is -2.17. The van der Waals surface area contributed by atoms with Crippen molar-refractivity contribution in [2.24, 2.45) is 5.92 Å². The Kier molecular flexibility index (Phi) is 6.28. The molecule has 0 aliphatic heterocycles. The molecule has 0 fully saturated rings. The lowest BCUT2D eigenvalue weighted by molar-refractivity contribution is -0.384. The van der Waals surface area contributed by atoms with Crippen LogP contribution in [0.1, 0.15) is 40.5 Å². The van der Waals surface area contributed by atoms with Gasteiger partial charge in [0.2, 0.25) is 0 Å². The van der Waals surface area contributed by atoms with Crippen molar-refractivity contribution in [2.75, 3.05) is 11.9 Å². The Balaban J connectivity index is 2.87. The van der Waals surface area contributed by atoms with Gasteiger partial charge in [-0.15, -0.1) is 0 Å². The number of rotatable bonds is 8. The molecule has 0 saturated carbocycles. The van der Waals surface area contributed by atoms with E-state index in [9.17, 15) is 10.1 Å². The van der Waals surface area contributed by atoms with Crippen LogP contribution in [0.4, 0.5) is 11.4 Å². The topological polar surface area (TPSA) is 64.4 Å². The van der Waals surface area contributed by atoms with Crippen molar-refractivity contribution < 1.29 is 9.66 Å².